The Labute approximate surface area is 104 Å². The Morgan fingerprint density at radius 3 is 3.00 bits per heavy atom. The van der Waals surface area contributed by atoms with Gasteiger partial charge in [0.25, 0.3) is 0 Å². The molecule has 2 nitrogen and oxygen atoms in total. The predicted molar refractivity (Wildman–Crippen MR) is 71.8 cm³/mol. The first kappa shape index (κ1) is 12.3. The van der Waals surface area contributed by atoms with E-state index in [1.54, 1.807) is 0 Å². The van der Waals surface area contributed by atoms with Crippen LogP contribution in [0.25, 0.3) is 0 Å². The van der Waals surface area contributed by atoms with Gasteiger partial charge in [0.1, 0.15) is 0 Å². The zero-order chi connectivity index (χ0) is 12.1. The minimum atomic E-state index is 0.453. The Balaban J connectivity index is 1.91. The van der Waals surface area contributed by atoms with Crippen LogP contribution in [0.3, 0.4) is 0 Å². The van der Waals surface area contributed by atoms with Crippen molar-refractivity contribution < 1.29 is 0 Å². The highest BCUT2D eigenvalue weighted by Crippen LogP contribution is 2.23. The van der Waals surface area contributed by atoms with Gasteiger partial charge in [0.15, 0.2) is 0 Å². The monoisotopic (exact) mass is 230 g/mol. The van der Waals surface area contributed by atoms with Gasteiger partial charge in [-0.3, -0.25) is 9.88 Å². The fraction of sp³-hybridized carbons (Fsp3) is 0.533. The van der Waals surface area contributed by atoms with Crippen molar-refractivity contribution >= 4 is 0 Å². The third kappa shape index (κ3) is 3.40. The van der Waals surface area contributed by atoms with Crippen molar-refractivity contribution in [2.75, 3.05) is 13.6 Å². The van der Waals surface area contributed by atoms with Gasteiger partial charge in [0, 0.05) is 25.0 Å². The maximum atomic E-state index is 4.20. The smallest absolute Gasteiger partial charge is 0.0332 e. The van der Waals surface area contributed by atoms with Crippen LogP contribution in [0.2, 0.25) is 0 Å². The SMILES string of the molecule is C[C@@H](c1cccnc1)N(C)C[C@H]1CC=CCC1. The number of rotatable bonds is 4. The Morgan fingerprint density at radius 2 is 2.35 bits per heavy atom. The van der Waals surface area contributed by atoms with Crippen molar-refractivity contribution in [3.63, 3.8) is 0 Å². The van der Waals surface area contributed by atoms with E-state index in [1.807, 2.05) is 18.5 Å². The van der Waals surface area contributed by atoms with Gasteiger partial charge in [0.05, 0.1) is 0 Å². The predicted octanol–water partition coefficient (Wildman–Crippen LogP) is 3.43. The summed E-state index contributed by atoms with van der Waals surface area (Å²) in [6, 6.07) is 4.63. The second-order valence-corrected chi connectivity index (χ2v) is 5.05. The molecule has 0 aromatic carbocycles. The van der Waals surface area contributed by atoms with E-state index < -0.39 is 0 Å². The van der Waals surface area contributed by atoms with Crippen LogP contribution in [-0.4, -0.2) is 23.5 Å². The molecule has 0 aliphatic heterocycles. The summed E-state index contributed by atoms with van der Waals surface area (Å²) >= 11 is 0. The third-order valence-corrected chi connectivity index (χ3v) is 3.75. The molecule has 1 heterocycles. The van der Waals surface area contributed by atoms with E-state index in [1.165, 1.54) is 31.4 Å². The highest BCUT2D eigenvalue weighted by Gasteiger charge is 2.17. The lowest BCUT2D eigenvalue weighted by molar-refractivity contribution is 0.212. The van der Waals surface area contributed by atoms with Crippen LogP contribution in [0.4, 0.5) is 0 Å². The van der Waals surface area contributed by atoms with E-state index in [4.69, 9.17) is 0 Å². The summed E-state index contributed by atoms with van der Waals surface area (Å²) in [5.41, 5.74) is 1.31. The van der Waals surface area contributed by atoms with Crippen molar-refractivity contribution in [1.29, 1.82) is 0 Å². The van der Waals surface area contributed by atoms with Gasteiger partial charge in [-0.05, 0) is 50.8 Å². The first-order chi connectivity index (χ1) is 8.27. The second kappa shape index (κ2) is 5.97. The molecule has 0 saturated heterocycles. The van der Waals surface area contributed by atoms with Gasteiger partial charge in [-0.15, -0.1) is 0 Å². The first-order valence-electron chi connectivity index (χ1n) is 6.52. The van der Waals surface area contributed by atoms with Crippen LogP contribution < -0.4 is 0 Å². The molecule has 0 unspecified atom stereocenters. The molecule has 92 valence electrons. The highest BCUT2D eigenvalue weighted by atomic mass is 15.1. The lowest BCUT2D eigenvalue weighted by atomic mass is 9.93. The number of nitrogens with zero attached hydrogens (tertiary/aromatic N) is 2. The summed E-state index contributed by atoms with van der Waals surface area (Å²) < 4.78 is 0. The molecule has 1 aromatic rings. The van der Waals surface area contributed by atoms with Gasteiger partial charge in [-0.25, -0.2) is 0 Å². The van der Waals surface area contributed by atoms with Crippen LogP contribution in [0.1, 0.15) is 37.8 Å². The summed E-state index contributed by atoms with van der Waals surface area (Å²) in [5.74, 6) is 0.823. The molecule has 1 aliphatic rings. The van der Waals surface area contributed by atoms with Crippen LogP contribution >= 0.6 is 0 Å². The van der Waals surface area contributed by atoms with Crippen molar-refractivity contribution in [3.05, 3.63) is 42.2 Å². The molecule has 0 N–H and O–H groups in total. The Bertz CT molecular complexity index is 358. The van der Waals surface area contributed by atoms with E-state index in [0.29, 0.717) is 6.04 Å². The van der Waals surface area contributed by atoms with Crippen LogP contribution in [0.15, 0.2) is 36.7 Å². The molecular formula is C15H22N2. The molecule has 1 aliphatic carbocycles. The average molecular weight is 230 g/mol. The minimum Gasteiger partial charge on any atom is -0.299 e. The molecule has 1 aromatic heterocycles. The molecule has 2 atom stereocenters. The van der Waals surface area contributed by atoms with E-state index in [0.717, 1.165) is 5.92 Å². The zero-order valence-corrected chi connectivity index (χ0v) is 10.8. The Hall–Kier alpha value is -1.15. The number of allylic oxidation sites excluding steroid dienone is 2. The first-order valence-corrected chi connectivity index (χ1v) is 6.52. The van der Waals surface area contributed by atoms with Crippen molar-refractivity contribution in [2.45, 2.75) is 32.2 Å². The Kier molecular flexibility index (Phi) is 4.32. The molecule has 0 bridgehead atoms. The number of aromatic nitrogens is 1. The molecule has 0 amide bonds. The molecule has 0 radical (unpaired) electrons. The van der Waals surface area contributed by atoms with Gasteiger partial charge >= 0.3 is 0 Å². The zero-order valence-electron chi connectivity index (χ0n) is 10.8. The number of hydrogen-bond donors (Lipinski definition) is 0. The standard InChI is InChI=1S/C15H22N2/c1-13(15-9-6-10-16-11-15)17(2)12-14-7-4-3-5-8-14/h3-4,6,9-11,13-14H,5,7-8,12H2,1-2H3/t13-,14-/m0/s1. The number of hydrogen-bond acceptors (Lipinski definition) is 2. The van der Waals surface area contributed by atoms with Gasteiger partial charge in [-0.2, -0.15) is 0 Å². The van der Waals surface area contributed by atoms with Crippen molar-refractivity contribution in [3.8, 4) is 0 Å². The van der Waals surface area contributed by atoms with E-state index in [2.05, 4.69) is 42.1 Å². The second-order valence-electron chi connectivity index (χ2n) is 5.05. The minimum absolute atomic E-state index is 0.453. The largest absolute Gasteiger partial charge is 0.299 e. The lowest BCUT2D eigenvalue weighted by Crippen LogP contribution is -2.29. The summed E-state index contributed by atoms with van der Waals surface area (Å²) in [5, 5.41) is 0. The van der Waals surface area contributed by atoms with E-state index >= 15 is 0 Å². The summed E-state index contributed by atoms with van der Waals surface area (Å²) in [6.07, 6.45) is 12.3. The Morgan fingerprint density at radius 1 is 1.47 bits per heavy atom. The van der Waals surface area contributed by atoms with Crippen LogP contribution in [0.5, 0.6) is 0 Å². The maximum absolute atomic E-state index is 4.20. The van der Waals surface area contributed by atoms with Crippen LogP contribution in [0, 0.1) is 5.92 Å². The third-order valence-electron chi connectivity index (χ3n) is 3.75. The lowest BCUT2D eigenvalue weighted by Gasteiger charge is -2.29. The van der Waals surface area contributed by atoms with Crippen LogP contribution in [-0.2, 0) is 0 Å². The van der Waals surface area contributed by atoms with E-state index in [9.17, 15) is 0 Å². The van der Waals surface area contributed by atoms with Gasteiger partial charge in [0.2, 0.25) is 0 Å². The molecule has 0 spiro atoms. The van der Waals surface area contributed by atoms with Gasteiger partial charge in [-0.1, -0.05) is 18.2 Å². The van der Waals surface area contributed by atoms with Gasteiger partial charge < -0.3 is 0 Å². The maximum Gasteiger partial charge on any atom is 0.0332 e. The fourth-order valence-electron chi connectivity index (χ4n) is 2.47. The summed E-state index contributed by atoms with van der Waals surface area (Å²) in [7, 11) is 2.22. The average Bonchev–Trinajstić information content (AvgIpc) is 2.40. The quantitative estimate of drug-likeness (QED) is 0.737. The molecular weight excluding hydrogens is 208 g/mol. The fourth-order valence-corrected chi connectivity index (χ4v) is 2.47. The topological polar surface area (TPSA) is 16.1 Å². The molecule has 2 rings (SSSR count). The normalized spacial score (nSPS) is 21.7. The van der Waals surface area contributed by atoms with E-state index in [-0.39, 0.29) is 0 Å². The van der Waals surface area contributed by atoms with Crippen molar-refractivity contribution in [2.24, 2.45) is 5.92 Å². The van der Waals surface area contributed by atoms with Crippen molar-refractivity contribution in [1.82, 2.24) is 9.88 Å². The molecule has 2 heteroatoms. The molecule has 0 fully saturated rings. The highest BCUT2D eigenvalue weighted by molar-refractivity contribution is 5.12. The summed E-state index contributed by atoms with van der Waals surface area (Å²) in [6.45, 7) is 3.44. The molecule has 0 saturated carbocycles. The number of pyridine rings is 1. The molecule has 17 heavy (non-hydrogen) atoms. The summed E-state index contributed by atoms with van der Waals surface area (Å²) in [4.78, 5) is 6.64.